The molecule has 1 aromatic heterocycles. The molecule has 1 aliphatic rings. The van der Waals surface area contributed by atoms with Crippen LogP contribution < -0.4 is 4.31 Å². The third-order valence-electron chi connectivity index (χ3n) is 6.10. The van der Waals surface area contributed by atoms with Gasteiger partial charge >= 0.3 is 10.2 Å². The first-order valence-electron chi connectivity index (χ1n) is 10.8. The third-order valence-corrected chi connectivity index (χ3v) is 9.40. The summed E-state index contributed by atoms with van der Waals surface area (Å²) in [5.74, 6) is 0. The average molecular weight is 458 g/mol. The zero-order chi connectivity index (χ0) is 22.2. The normalized spacial score (nSPS) is 16.3. The highest BCUT2D eigenvalue weighted by Gasteiger charge is 2.35. The number of nitrogens with zero attached hydrogens (tertiary/aromatic N) is 3. The maximum absolute atomic E-state index is 13.9. The highest BCUT2D eigenvalue weighted by Crippen LogP contribution is 2.40. The fourth-order valence-electron chi connectivity index (χ4n) is 4.11. The van der Waals surface area contributed by atoms with E-state index < -0.39 is 10.2 Å². The van der Waals surface area contributed by atoms with Gasteiger partial charge in [-0.3, -0.25) is 4.90 Å². The minimum absolute atomic E-state index is 0.334. The Hall–Kier alpha value is -1.93. The van der Waals surface area contributed by atoms with Crippen LogP contribution in [0.15, 0.2) is 48.5 Å². The Kier molecular flexibility index (Phi) is 6.40. The molecule has 5 nitrogen and oxygen atoms in total. The van der Waals surface area contributed by atoms with Gasteiger partial charge in [0, 0.05) is 36.9 Å². The lowest BCUT2D eigenvalue weighted by Gasteiger charge is -2.38. The van der Waals surface area contributed by atoms with Gasteiger partial charge in [-0.1, -0.05) is 48.0 Å². The van der Waals surface area contributed by atoms with Crippen LogP contribution >= 0.6 is 11.3 Å². The monoisotopic (exact) mass is 457 g/mol. The van der Waals surface area contributed by atoms with E-state index in [9.17, 15) is 8.42 Å². The van der Waals surface area contributed by atoms with Crippen molar-refractivity contribution in [1.29, 1.82) is 0 Å². The maximum Gasteiger partial charge on any atom is 0.305 e. The van der Waals surface area contributed by atoms with Crippen molar-refractivity contribution in [3.05, 3.63) is 65.2 Å². The number of hydrogen-bond acceptors (Lipinski definition) is 4. The zero-order valence-electron chi connectivity index (χ0n) is 18.7. The standard InChI is InChI=1S/C24H31N3O2S2/c1-18(2)25-13-15-26(16-14-25)31(28,29)27(17-21-11-9-19(3)10-12-21)24-20(4)22-7-5-6-8-23(22)30-24/h5-12,18H,13-17H2,1-4H3. The van der Waals surface area contributed by atoms with E-state index in [1.54, 1.807) is 19.9 Å². The molecule has 4 rings (SSSR count). The van der Waals surface area contributed by atoms with E-state index in [0.29, 0.717) is 25.7 Å². The van der Waals surface area contributed by atoms with E-state index in [0.717, 1.165) is 39.3 Å². The predicted molar refractivity (Wildman–Crippen MR) is 131 cm³/mol. The summed E-state index contributed by atoms with van der Waals surface area (Å²) in [6.45, 7) is 11.3. The van der Waals surface area contributed by atoms with Crippen LogP contribution in [0.1, 0.15) is 30.5 Å². The van der Waals surface area contributed by atoms with Crippen molar-refractivity contribution in [1.82, 2.24) is 9.21 Å². The SMILES string of the molecule is Cc1ccc(CN(c2sc3ccccc3c2C)S(=O)(=O)N2CCN(C(C)C)CC2)cc1. The van der Waals surface area contributed by atoms with Crippen LogP contribution in [0, 0.1) is 13.8 Å². The molecular formula is C24H31N3O2S2. The van der Waals surface area contributed by atoms with Gasteiger partial charge in [-0.2, -0.15) is 12.7 Å². The van der Waals surface area contributed by atoms with Gasteiger partial charge in [0.2, 0.25) is 0 Å². The molecule has 7 heteroatoms. The molecule has 0 N–H and O–H groups in total. The van der Waals surface area contributed by atoms with E-state index >= 15 is 0 Å². The van der Waals surface area contributed by atoms with Crippen LogP contribution in [0.5, 0.6) is 0 Å². The van der Waals surface area contributed by atoms with Gasteiger partial charge in [-0.15, -0.1) is 11.3 Å². The number of rotatable bonds is 6. The second-order valence-corrected chi connectivity index (χ2v) is 11.4. The molecule has 2 heterocycles. The second-order valence-electron chi connectivity index (χ2n) is 8.56. The number of fused-ring (bicyclic) bond motifs is 1. The fourth-order valence-corrected chi connectivity index (χ4v) is 7.18. The van der Waals surface area contributed by atoms with Gasteiger partial charge in [0.05, 0.1) is 6.54 Å². The maximum atomic E-state index is 13.9. The molecule has 2 aromatic carbocycles. The summed E-state index contributed by atoms with van der Waals surface area (Å²) < 4.78 is 32.2. The molecule has 1 saturated heterocycles. The second kappa shape index (κ2) is 8.90. The predicted octanol–water partition coefficient (Wildman–Crippen LogP) is 4.80. The van der Waals surface area contributed by atoms with Gasteiger partial charge < -0.3 is 0 Å². The Morgan fingerprint density at radius 3 is 2.23 bits per heavy atom. The van der Waals surface area contributed by atoms with Gasteiger partial charge in [0.15, 0.2) is 0 Å². The van der Waals surface area contributed by atoms with Crippen LogP contribution in [-0.2, 0) is 16.8 Å². The molecule has 1 aliphatic heterocycles. The lowest BCUT2D eigenvalue weighted by molar-refractivity contribution is 0.154. The largest absolute Gasteiger partial charge is 0.305 e. The number of aryl methyl sites for hydroxylation is 2. The molecule has 0 unspecified atom stereocenters. The Morgan fingerprint density at radius 2 is 1.61 bits per heavy atom. The number of benzene rings is 2. The van der Waals surface area contributed by atoms with E-state index in [-0.39, 0.29) is 0 Å². The molecule has 0 aliphatic carbocycles. The molecule has 0 radical (unpaired) electrons. The first kappa shape index (κ1) is 22.3. The fraction of sp³-hybridized carbons (Fsp3) is 0.417. The van der Waals surface area contributed by atoms with Crippen LogP contribution in [-0.4, -0.2) is 49.8 Å². The van der Waals surface area contributed by atoms with Crippen molar-refractivity contribution >= 4 is 36.6 Å². The molecular weight excluding hydrogens is 426 g/mol. The van der Waals surface area contributed by atoms with Gasteiger partial charge in [-0.25, -0.2) is 4.31 Å². The van der Waals surface area contributed by atoms with E-state index in [4.69, 9.17) is 0 Å². The molecule has 0 amide bonds. The number of anilines is 1. The van der Waals surface area contributed by atoms with Crippen molar-refractivity contribution in [2.75, 3.05) is 30.5 Å². The topological polar surface area (TPSA) is 43.9 Å². The molecule has 0 bridgehead atoms. The van der Waals surface area contributed by atoms with Crippen molar-refractivity contribution < 1.29 is 8.42 Å². The van der Waals surface area contributed by atoms with Crippen molar-refractivity contribution in [2.45, 2.75) is 40.3 Å². The Balaban J connectivity index is 1.72. The molecule has 1 fully saturated rings. The molecule has 31 heavy (non-hydrogen) atoms. The molecule has 166 valence electrons. The third kappa shape index (κ3) is 4.51. The van der Waals surface area contributed by atoms with Crippen molar-refractivity contribution in [3.8, 4) is 0 Å². The van der Waals surface area contributed by atoms with E-state index in [1.807, 2.05) is 50.2 Å². The number of hydrogen-bond donors (Lipinski definition) is 0. The Bertz CT molecular complexity index is 1150. The number of piperazine rings is 1. The lowest BCUT2D eigenvalue weighted by atomic mass is 10.1. The first-order valence-corrected chi connectivity index (χ1v) is 13.0. The summed E-state index contributed by atoms with van der Waals surface area (Å²) in [5, 5.41) is 1.93. The summed E-state index contributed by atoms with van der Waals surface area (Å²) in [6.07, 6.45) is 0. The summed E-state index contributed by atoms with van der Waals surface area (Å²) in [7, 11) is -3.65. The van der Waals surface area contributed by atoms with Crippen LogP contribution in [0.25, 0.3) is 10.1 Å². The van der Waals surface area contributed by atoms with Crippen molar-refractivity contribution in [3.63, 3.8) is 0 Å². The smallest absolute Gasteiger partial charge is 0.298 e. The van der Waals surface area contributed by atoms with Gasteiger partial charge in [0.25, 0.3) is 0 Å². The summed E-state index contributed by atoms with van der Waals surface area (Å²) in [6, 6.07) is 16.7. The van der Waals surface area contributed by atoms with Gasteiger partial charge in [0.1, 0.15) is 5.00 Å². The minimum Gasteiger partial charge on any atom is -0.298 e. The first-order chi connectivity index (χ1) is 14.8. The average Bonchev–Trinajstić information content (AvgIpc) is 3.09. The van der Waals surface area contributed by atoms with E-state index in [2.05, 4.69) is 30.9 Å². The van der Waals surface area contributed by atoms with Gasteiger partial charge in [-0.05, 0) is 50.3 Å². The number of thiophene rings is 1. The Morgan fingerprint density at radius 1 is 0.968 bits per heavy atom. The van der Waals surface area contributed by atoms with Crippen LogP contribution in [0.3, 0.4) is 0 Å². The molecule has 0 spiro atoms. The molecule has 0 atom stereocenters. The summed E-state index contributed by atoms with van der Waals surface area (Å²) in [5.41, 5.74) is 3.19. The highest BCUT2D eigenvalue weighted by atomic mass is 32.2. The highest BCUT2D eigenvalue weighted by molar-refractivity contribution is 7.90. The minimum atomic E-state index is -3.65. The summed E-state index contributed by atoms with van der Waals surface area (Å²) >= 11 is 1.56. The molecule has 3 aromatic rings. The molecule has 0 saturated carbocycles. The van der Waals surface area contributed by atoms with Crippen LogP contribution in [0.2, 0.25) is 0 Å². The Labute approximate surface area is 190 Å². The lowest BCUT2D eigenvalue weighted by Crippen LogP contribution is -2.54. The summed E-state index contributed by atoms with van der Waals surface area (Å²) in [4.78, 5) is 2.33. The van der Waals surface area contributed by atoms with E-state index in [1.165, 1.54) is 5.56 Å². The zero-order valence-corrected chi connectivity index (χ0v) is 20.3. The van der Waals surface area contributed by atoms with Crippen molar-refractivity contribution in [2.24, 2.45) is 0 Å². The van der Waals surface area contributed by atoms with Crippen LogP contribution in [0.4, 0.5) is 5.00 Å². The quantitative estimate of drug-likeness (QED) is 0.534.